The zero-order chi connectivity index (χ0) is 9.97. The van der Waals surface area contributed by atoms with Crippen LogP contribution in [0, 0.1) is 0 Å². The fourth-order valence-electron chi connectivity index (χ4n) is 1.05. The predicted octanol–water partition coefficient (Wildman–Crippen LogP) is 2.75. The summed E-state index contributed by atoms with van der Waals surface area (Å²) in [5, 5.41) is 0. The average Bonchev–Trinajstić information content (AvgIpc) is 2.23. The van der Waals surface area contributed by atoms with Gasteiger partial charge in [0.05, 0.1) is 8.44 Å². The van der Waals surface area contributed by atoms with Gasteiger partial charge in [0.15, 0.2) is 0 Å². The van der Waals surface area contributed by atoms with E-state index in [9.17, 15) is 0 Å². The van der Waals surface area contributed by atoms with Gasteiger partial charge in [-0.2, -0.15) is 0 Å². The molecule has 58 valence electrons. The number of benzene rings is 1. The molecule has 2 rings (SSSR count). The summed E-state index contributed by atoms with van der Waals surface area (Å²) in [6, 6.07) is 11.6. The second-order valence-electron chi connectivity index (χ2n) is 2.44. The minimum atomic E-state index is 0.157. The lowest BCUT2D eigenvalue weighted by atomic mass is 10.1. The molecule has 0 fully saturated rings. The first kappa shape index (κ1) is 5.09. The number of pyridine rings is 1. The highest BCUT2D eigenvalue weighted by Crippen LogP contribution is 2.14. The Morgan fingerprint density at radius 3 is 2.58 bits per heavy atom. The van der Waals surface area contributed by atoms with E-state index in [4.69, 9.17) is 2.74 Å². The molecule has 0 unspecified atom stereocenters. The summed E-state index contributed by atoms with van der Waals surface area (Å²) in [6.07, 6.45) is 1.41. The Hall–Kier alpha value is -1.63. The summed E-state index contributed by atoms with van der Waals surface area (Å²) < 4.78 is 14.8. The molecule has 1 aromatic carbocycles. The van der Waals surface area contributed by atoms with E-state index in [0.717, 1.165) is 11.3 Å². The van der Waals surface area contributed by atoms with Crippen molar-refractivity contribution in [3.8, 4) is 11.3 Å². The first-order valence-corrected chi connectivity index (χ1v) is 3.76. The quantitative estimate of drug-likeness (QED) is 0.620. The fraction of sp³-hybridized carbons (Fsp3) is 0. The van der Waals surface area contributed by atoms with Gasteiger partial charge in [-0.25, -0.2) is 0 Å². The minimum Gasteiger partial charge on any atom is -0.256 e. The lowest BCUT2D eigenvalue weighted by Crippen LogP contribution is -1.79. The maximum Gasteiger partial charge on any atom is 0.0701 e. The van der Waals surface area contributed by atoms with Crippen molar-refractivity contribution >= 4 is 0 Å². The molecule has 1 nitrogen and oxygen atoms in total. The Labute approximate surface area is 74.5 Å². The van der Waals surface area contributed by atoms with Crippen molar-refractivity contribution < 1.29 is 2.74 Å². The summed E-state index contributed by atoms with van der Waals surface area (Å²) in [7, 11) is 0. The molecule has 0 N–H and O–H groups in total. The van der Waals surface area contributed by atoms with E-state index in [-0.39, 0.29) is 12.1 Å². The fourth-order valence-corrected chi connectivity index (χ4v) is 1.05. The summed E-state index contributed by atoms with van der Waals surface area (Å²) >= 11 is 0. The number of aromatic nitrogens is 1. The third-order valence-corrected chi connectivity index (χ3v) is 1.63. The molecule has 2 aromatic rings. The second kappa shape index (κ2) is 3.18. The van der Waals surface area contributed by atoms with Gasteiger partial charge in [-0.3, -0.25) is 4.98 Å². The van der Waals surface area contributed by atoms with Crippen LogP contribution in [0.1, 0.15) is 2.74 Å². The molecule has 0 radical (unpaired) electrons. The molecule has 1 heterocycles. The molecule has 0 saturated carbocycles. The summed E-state index contributed by atoms with van der Waals surface area (Å²) in [4.78, 5) is 4.10. The Balaban J connectivity index is 2.48. The molecule has 0 aliphatic rings. The van der Waals surface area contributed by atoms with E-state index < -0.39 is 0 Å². The molecule has 1 heteroatoms. The maximum absolute atomic E-state index is 7.48. The van der Waals surface area contributed by atoms with E-state index in [0.29, 0.717) is 0 Å². The van der Waals surface area contributed by atoms with Gasteiger partial charge in [0.25, 0.3) is 0 Å². The van der Waals surface area contributed by atoms with Gasteiger partial charge in [0.1, 0.15) is 0 Å². The van der Waals surface area contributed by atoms with Gasteiger partial charge in [0, 0.05) is 11.8 Å². The van der Waals surface area contributed by atoms with Crippen LogP contribution >= 0.6 is 0 Å². The monoisotopic (exact) mass is 157 g/mol. The van der Waals surface area contributed by atoms with Crippen LogP contribution in [0.25, 0.3) is 11.3 Å². The zero-order valence-electron chi connectivity index (χ0n) is 8.49. The van der Waals surface area contributed by atoms with E-state index in [1.807, 2.05) is 30.3 Å². The molecule has 0 spiro atoms. The third kappa shape index (κ3) is 1.35. The van der Waals surface area contributed by atoms with Gasteiger partial charge >= 0.3 is 0 Å². The Morgan fingerprint density at radius 1 is 1.00 bits per heavy atom. The van der Waals surface area contributed by atoms with Gasteiger partial charge in [0.2, 0.25) is 0 Å². The number of hydrogen-bond donors (Lipinski definition) is 0. The molecule has 0 bridgehead atoms. The molecular weight excluding hydrogens is 146 g/mol. The molecular formula is C11H9N. The van der Waals surface area contributed by atoms with E-state index in [1.165, 1.54) is 6.20 Å². The summed E-state index contributed by atoms with van der Waals surface area (Å²) in [6.45, 7) is 0. The Kier molecular flexibility index (Phi) is 1.35. The SMILES string of the molecule is [2H]c1cnc(-c2ccccc2)cc1[2H]. The largest absolute Gasteiger partial charge is 0.256 e. The van der Waals surface area contributed by atoms with Crippen LogP contribution < -0.4 is 0 Å². The standard InChI is InChI=1S/C11H9N/c1-2-6-10(7-3-1)11-8-4-5-9-12-11/h1-9H/i4D,5D. The van der Waals surface area contributed by atoms with Crippen LogP contribution in [0.4, 0.5) is 0 Å². The first-order valence-electron chi connectivity index (χ1n) is 4.76. The van der Waals surface area contributed by atoms with Crippen LogP contribution in [-0.2, 0) is 0 Å². The maximum atomic E-state index is 7.48. The van der Waals surface area contributed by atoms with Crippen LogP contribution in [0.2, 0.25) is 0 Å². The van der Waals surface area contributed by atoms with Crippen LogP contribution in [0.15, 0.2) is 54.7 Å². The molecule has 12 heavy (non-hydrogen) atoms. The smallest absolute Gasteiger partial charge is 0.0701 e. The van der Waals surface area contributed by atoms with Crippen molar-refractivity contribution in [1.29, 1.82) is 0 Å². The molecule has 0 amide bonds. The van der Waals surface area contributed by atoms with Crippen molar-refractivity contribution in [3.63, 3.8) is 0 Å². The topological polar surface area (TPSA) is 12.9 Å². The van der Waals surface area contributed by atoms with E-state index >= 15 is 0 Å². The number of rotatable bonds is 1. The third-order valence-electron chi connectivity index (χ3n) is 1.63. The normalized spacial score (nSPS) is 12.0. The van der Waals surface area contributed by atoms with Gasteiger partial charge in [-0.1, -0.05) is 36.4 Å². The zero-order valence-corrected chi connectivity index (χ0v) is 6.49. The Bertz CT molecular complexity index is 440. The lowest BCUT2D eigenvalue weighted by Gasteiger charge is -1.97. The minimum absolute atomic E-state index is 0.157. The Morgan fingerprint density at radius 2 is 1.83 bits per heavy atom. The first-order chi connectivity index (χ1) is 6.77. The van der Waals surface area contributed by atoms with E-state index in [2.05, 4.69) is 4.98 Å². The van der Waals surface area contributed by atoms with Crippen molar-refractivity contribution in [2.45, 2.75) is 0 Å². The van der Waals surface area contributed by atoms with Crippen LogP contribution in [0.5, 0.6) is 0 Å². The molecule has 0 saturated heterocycles. The highest BCUT2D eigenvalue weighted by Gasteiger charge is 1.93. The summed E-state index contributed by atoms with van der Waals surface area (Å²) in [5.74, 6) is 0. The predicted molar refractivity (Wildman–Crippen MR) is 49.7 cm³/mol. The molecule has 1 aromatic heterocycles. The van der Waals surface area contributed by atoms with Gasteiger partial charge in [-0.05, 0) is 12.1 Å². The van der Waals surface area contributed by atoms with Crippen molar-refractivity contribution in [2.75, 3.05) is 0 Å². The molecule has 0 aliphatic heterocycles. The van der Waals surface area contributed by atoms with Crippen LogP contribution in [-0.4, -0.2) is 4.98 Å². The van der Waals surface area contributed by atoms with Crippen molar-refractivity contribution in [3.05, 3.63) is 54.7 Å². The van der Waals surface area contributed by atoms with Gasteiger partial charge < -0.3 is 0 Å². The van der Waals surface area contributed by atoms with Crippen molar-refractivity contribution in [2.24, 2.45) is 0 Å². The summed E-state index contributed by atoms with van der Waals surface area (Å²) in [5.41, 5.74) is 1.72. The number of nitrogens with zero attached hydrogens (tertiary/aromatic N) is 1. The van der Waals surface area contributed by atoms with Crippen molar-refractivity contribution in [1.82, 2.24) is 4.98 Å². The average molecular weight is 157 g/mol. The lowest BCUT2D eigenvalue weighted by molar-refractivity contribution is 1.33. The highest BCUT2D eigenvalue weighted by molar-refractivity contribution is 5.58. The van der Waals surface area contributed by atoms with Gasteiger partial charge in [-0.15, -0.1) is 0 Å². The molecule has 0 aliphatic carbocycles. The van der Waals surface area contributed by atoms with Crippen LogP contribution in [0.3, 0.4) is 0 Å². The highest BCUT2D eigenvalue weighted by atomic mass is 14.7. The molecule has 0 atom stereocenters. The van der Waals surface area contributed by atoms with E-state index in [1.54, 1.807) is 6.07 Å². The second-order valence-corrected chi connectivity index (χ2v) is 2.44. The number of hydrogen-bond acceptors (Lipinski definition) is 1.